The van der Waals surface area contributed by atoms with Gasteiger partial charge >= 0.3 is 5.63 Å². The molecule has 0 bridgehead atoms. The van der Waals surface area contributed by atoms with Crippen LogP contribution in [-0.2, 0) is 0 Å². The molecule has 0 atom stereocenters. The van der Waals surface area contributed by atoms with Gasteiger partial charge in [0.05, 0.1) is 17.0 Å². The molecule has 4 nitrogen and oxygen atoms in total. The number of aryl methyl sites for hydroxylation is 1. The zero-order valence-corrected chi connectivity index (χ0v) is 12.3. The van der Waals surface area contributed by atoms with Gasteiger partial charge in [-0.15, -0.1) is 0 Å². The van der Waals surface area contributed by atoms with Gasteiger partial charge in [0.25, 0.3) is 0 Å². The highest BCUT2D eigenvalue weighted by Crippen LogP contribution is 2.24. The molecule has 0 aliphatic carbocycles. The number of phenols is 1. The molecular weight excluding hydrogens is 278 g/mol. The standard InChI is InChI=1S/C18H15NO3/c1-11-9-14(20)7-8-16(11)19-12(2)15-10-13-5-3-4-6-17(13)22-18(15)21/h3-10,20H,1-2H3. The van der Waals surface area contributed by atoms with Crippen LogP contribution in [0.5, 0.6) is 5.75 Å². The van der Waals surface area contributed by atoms with Gasteiger partial charge in [0.1, 0.15) is 11.3 Å². The quantitative estimate of drug-likeness (QED) is 0.575. The molecule has 0 amide bonds. The van der Waals surface area contributed by atoms with E-state index in [1.165, 1.54) is 0 Å². The van der Waals surface area contributed by atoms with Crippen LogP contribution in [-0.4, -0.2) is 10.8 Å². The molecule has 22 heavy (non-hydrogen) atoms. The maximum absolute atomic E-state index is 12.1. The van der Waals surface area contributed by atoms with E-state index in [9.17, 15) is 9.90 Å². The van der Waals surface area contributed by atoms with Crippen molar-refractivity contribution in [3.8, 4) is 5.75 Å². The summed E-state index contributed by atoms with van der Waals surface area (Å²) < 4.78 is 5.32. The van der Waals surface area contributed by atoms with Crippen molar-refractivity contribution in [1.82, 2.24) is 0 Å². The molecule has 0 aliphatic heterocycles. The molecule has 110 valence electrons. The van der Waals surface area contributed by atoms with Crippen LogP contribution < -0.4 is 5.63 Å². The second-order valence-electron chi connectivity index (χ2n) is 5.15. The van der Waals surface area contributed by atoms with Crippen molar-refractivity contribution < 1.29 is 9.52 Å². The summed E-state index contributed by atoms with van der Waals surface area (Å²) in [6.45, 7) is 3.63. The van der Waals surface area contributed by atoms with Crippen LogP contribution in [0, 0.1) is 6.92 Å². The highest BCUT2D eigenvalue weighted by atomic mass is 16.4. The number of hydrogen-bond donors (Lipinski definition) is 1. The lowest BCUT2D eigenvalue weighted by molar-refractivity contribution is 0.475. The van der Waals surface area contributed by atoms with E-state index in [1.54, 1.807) is 37.3 Å². The minimum Gasteiger partial charge on any atom is -0.508 e. The molecule has 0 radical (unpaired) electrons. The molecule has 0 fully saturated rings. The Bertz CT molecular complexity index is 938. The van der Waals surface area contributed by atoms with Gasteiger partial charge in [-0.2, -0.15) is 0 Å². The minimum absolute atomic E-state index is 0.194. The predicted octanol–water partition coefficient (Wildman–Crippen LogP) is 3.95. The zero-order valence-electron chi connectivity index (χ0n) is 12.3. The van der Waals surface area contributed by atoms with Crippen LogP contribution in [0.15, 0.2) is 62.7 Å². The van der Waals surface area contributed by atoms with Crippen LogP contribution in [0.2, 0.25) is 0 Å². The van der Waals surface area contributed by atoms with Gasteiger partial charge in [0.15, 0.2) is 0 Å². The first-order valence-corrected chi connectivity index (χ1v) is 6.93. The first kappa shape index (κ1) is 14.1. The fourth-order valence-electron chi connectivity index (χ4n) is 2.32. The van der Waals surface area contributed by atoms with Crippen molar-refractivity contribution in [3.63, 3.8) is 0 Å². The van der Waals surface area contributed by atoms with Crippen molar-refractivity contribution in [3.05, 3.63) is 70.1 Å². The summed E-state index contributed by atoms with van der Waals surface area (Å²) in [6, 6.07) is 14.1. The third-order valence-electron chi connectivity index (χ3n) is 3.50. The van der Waals surface area contributed by atoms with E-state index in [0.717, 1.165) is 10.9 Å². The van der Waals surface area contributed by atoms with Gasteiger partial charge in [-0.3, -0.25) is 4.99 Å². The smallest absolute Gasteiger partial charge is 0.345 e. The summed E-state index contributed by atoms with van der Waals surface area (Å²) in [5.41, 5.74) is 2.72. The molecule has 3 aromatic rings. The number of rotatable bonds is 2. The topological polar surface area (TPSA) is 62.8 Å². The van der Waals surface area contributed by atoms with E-state index in [2.05, 4.69) is 4.99 Å². The van der Waals surface area contributed by atoms with Gasteiger partial charge in [-0.25, -0.2) is 4.79 Å². The maximum atomic E-state index is 12.1. The van der Waals surface area contributed by atoms with Crippen LogP contribution in [0.4, 0.5) is 5.69 Å². The lowest BCUT2D eigenvalue weighted by Gasteiger charge is -2.04. The zero-order chi connectivity index (χ0) is 15.7. The average Bonchev–Trinajstić information content (AvgIpc) is 2.49. The number of hydrogen-bond acceptors (Lipinski definition) is 4. The van der Waals surface area contributed by atoms with Crippen LogP contribution in [0.25, 0.3) is 11.0 Å². The monoisotopic (exact) mass is 293 g/mol. The first-order valence-electron chi connectivity index (χ1n) is 6.93. The Morgan fingerprint density at radius 2 is 1.91 bits per heavy atom. The number of benzene rings is 2. The molecule has 4 heteroatoms. The number of fused-ring (bicyclic) bond motifs is 1. The normalized spacial score (nSPS) is 11.8. The molecule has 0 saturated heterocycles. The molecule has 1 N–H and O–H groups in total. The van der Waals surface area contributed by atoms with E-state index >= 15 is 0 Å². The summed E-state index contributed by atoms with van der Waals surface area (Å²) in [5.74, 6) is 0.194. The molecule has 1 heterocycles. The van der Waals surface area contributed by atoms with Crippen LogP contribution >= 0.6 is 0 Å². The highest BCUT2D eigenvalue weighted by molar-refractivity contribution is 6.01. The Morgan fingerprint density at radius 3 is 2.68 bits per heavy atom. The first-order chi connectivity index (χ1) is 10.5. The van der Waals surface area contributed by atoms with Crippen LogP contribution in [0.3, 0.4) is 0 Å². The Morgan fingerprint density at radius 1 is 1.14 bits per heavy atom. The maximum Gasteiger partial charge on any atom is 0.345 e. The molecular formula is C18H15NO3. The fourth-order valence-corrected chi connectivity index (χ4v) is 2.32. The largest absolute Gasteiger partial charge is 0.508 e. The van der Waals surface area contributed by atoms with Gasteiger partial charge in [-0.05, 0) is 49.7 Å². The minimum atomic E-state index is -0.406. The number of aliphatic imine (C=N–C) groups is 1. The van der Waals surface area contributed by atoms with E-state index in [1.807, 2.05) is 25.1 Å². The number of aromatic hydroxyl groups is 1. The van der Waals surface area contributed by atoms with E-state index in [0.29, 0.717) is 22.5 Å². The van der Waals surface area contributed by atoms with Crippen molar-refractivity contribution in [1.29, 1.82) is 0 Å². The summed E-state index contributed by atoms with van der Waals surface area (Å²) in [5, 5.41) is 10.3. The Kier molecular flexibility index (Phi) is 3.51. The third-order valence-corrected chi connectivity index (χ3v) is 3.50. The van der Waals surface area contributed by atoms with Crippen molar-refractivity contribution in [2.75, 3.05) is 0 Å². The Hall–Kier alpha value is -2.88. The molecule has 0 unspecified atom stereocenters. The third kappa shape index (κ3) is 2.63. The van der Waals surface area contributed by atoms with E-state index < -0.39 is 5.63 Å². The molecule has 2 aromatic carbocycles. The molecule has 1 aromatic heterocycles. The fraction of sp³-hybridized carbons (Fsp3) is 0.111. The molecule has 0 saturated carbocycles. The number of para-hydroxylation sites is 1. The average molecular weight is 293 g/mol. The van der Waals surface area contributed by atoms with E-state index in [4.69, 9.17) is 4.42 Å². The summed E-state index contributed by atoms with van der Waals surface area (Å²) in [6.07, 6.45) is 0. The molecule has 0 aliphatic rings. The SMILES string of the molecule is CC(=Nc1ccc(O)cc1C)c1cc2ccccc2oc1=O. The van der Waals surface area contributed by atoms with Gasteiger partial charge in [0, 0.05) is 5.39 Å². The summed E-state index contributed by atoms with van der Waals surface area (Å²) in [7, 11) is 0. The van der Waals surface area contributed by atoms with Gasteiger partial charge in [-0.1, -0.05) is 18.2 Å². The van der Waals surface area contributed by atoms with Crippen molar-refractivity contribution in [2.24, 2.45) is 4.99 Å². The molecule has 3 rings (SSSR count). The Labute approximate surface area is 127 Å². The Balaban J connectivity index is 2.11. The predicted molar refractivity (Wildman–Crippen MR) is 87.2 cm³/mol. The van der Waals surface area contributed by atoms with E-state index in [-0.39, 0.29) is 5.75 Å². The summed E-state index contributed by atoms with van der Waals surface area (Å²) in [4.78, 5) is 16.6. The lowest BCUT2D eigenvalue weighted by atomic mass is 10.1. The number of nitrogens with zero attached hydrogens (tertiary/aromatic N) is 1. The second kappa shape index (κ2) is 5.48. The van der Waals surface area contributed by atoms with Crippen molar-refractivity contribution in [2.45, 2.75) is 13.8 Å². The van der Waals surface area contributed by atoms with Crippen LogP contribution in [0.1, 0.15) is 18.1 Å². The second-order valence-corrected chi connectivity index (χ2v) is 5.15. The number of phenolic OH excluding ortho intramolecular Hbond substituents is 1. The molecule has 0 spiro atoms. The lowest BCUT2D eigenvalue weighted by Crippen LogP contribution is -2.11. The van der Waals surface area contributed by atoms with Gasteiger partial charge in [0.2, 0.25) is 0 Å². The summed E-state index contributed by atoms with van der Waals surface area (Å²) >= 11 is 0. The highest BCUT2D eigenvalue weighted by Gasteiger charge is 2.09. The van der Waals surface area contributed by atoms with Crippen molar-refractivity contribution >= 4 is 22.4 Å². The van der Waals surface area contributed by atoms with Gasteiger partial charge < -0.3 is 9.52 Å².